The van der Waals surface area contributed by atoms with Crippen LogP contribution in [0.2, 0.25) is 0 Å². The molecule has 6 heteroatoms. The molecular formula is C17H19FN2O3. The predicted molar refractivity (Wildman–Crippen MR) is 85.9 cm³/mol. The summed E-state index contributed by atoms with van der Waals surface area (Å²) in [4.78, 5) is 11.7. The van der Waals surface area contributed by atoms with E-state index < -0.39 is 0 Å². The zero-order valence-electron chi connectivity index (χ0n) is 12.9. The molecule has 0 bridgehead atoms. The highest BCUT2D eigenvalue weighted by Gasteiger charge is 2.18. The van der Waals surface area contributed by atoms with E-state index in [-0.39, 0.29) is 17.1 Å². The Balaban J connectivity index is 1.94. The number of nitrogens with zero attached hydrogens (tertiary/aromatic N) is 1. The Hall–Kier alpha value is -2.34. The first-order valence-electron chi connectivity index (χ1n) is 7.51. The smallest absolute Gasteiger partial charge is 0.273 e. The van der Waals surface area contributed by atoms with E-state index in [1.165, 1.54) is 16.7 Å². The Morgan fingerprint density at radius 3 is 2.96 bits per heavy atom. The Morgan fingerprint density at radius 1 is 1.43 bits per heavy atom. The number of halogens is 1. The van der Waals surface area contributed by atoms with Gasteiger partial charge in [-0.05, 0) is 30.7 Å². The topological polar surface area (TPSA) is 66.5 Å². The van der Waals surface area contributed by atoms with E-state index in [1.807, 2.05) is 0 Å². The van der Waals surface area contributed by atoms with Crippen LogP contribution in [0.25, 0.3) is 11.1 Å². The molecule has 0 radical (unpaired) electrons. The SMILES string of the molecule is Cn1cc(-c2cc(F)ccc2OCC2CCOC2)cc(N)c1=O. The maximum Gasteiger partial charge on any atom is 0.273 e. The highest BCUT2D eigenvalue weighted by atomic mass is 19.1. The van der Waals surface area contributed by atoms with Crippen molar-refractivity contribution in [1.82, 2.24) is 4.57 Å². The van der Waals surface area contributed by atoms with Gasteiger partial charge < -0.3 is 19.8 Å². The van der Waals surface area contributed by atoms with E-state index in [0.717, 1.165) is 13.0 Å². The zero-order chi connectivity index (χ0) is 16.4. The van der Waals surface area contributed by atoms with Gasteiger partial charge in [0.25, 0.3) is 5.56 Å². The van der Waals surface area contributed by atoms with Gasteiger partial charge >= 0.3 is 0 Å². The van der Waals surface area contributed by atoms with Gasteiger partial charge in [-0.25, -0.2) is 4.39 Å². The van der Waals surface area contributed by atoms with Gasteiger partial charge in [0.15, 0.2) is 0 Å². The summed E-state index contributed by atoms with van der Waals surface area (Å²) in [6.45, 7) is 1.95. The van der Waals surface area contributed by atoms with E-state index in [0.29, 0.717) is 36.0 Å². The third-order valence-corrected chi connectivity index (χ3v) is 3.96. The Morgan fingerprint density at radius 2 is 2.26 bits per heavy atom. The molecule has 1 fully saturated rings. The second-order valence-corrected chi connectivity index (χ2v) is 5.78. The molecule has 1 unspecified atom stereocenters. The van der Waals surface area contributed by atoms with Crippen molar-refractivity contribution in [3.63, 3.8) is 0 Å². The van der Waals surface area contributed by atoms with E-state index in [2.05, 4.69) is 0 Å². The van der Waals surface area contributed by atoms with Crippen LogP contribution in [0, 0.1) is 11.7 Å². The first-order valence-corrected chi connectivity index (χ1v) is 7.51. The molecule has 1 aliphatic rings. The van der Waals surface area contributed by atoms with Gasteiger partial charge in [0, 0.05) is 36.9 Å². The van der Waals surface area contributed by atoms with Crippen molar-refractivity contribution in [3.05, 3.63) is 46.6 Å². The van der Waals surface area contributed by atoms with Crippen LogP contribution in [0.5, 0.6) is 5.75 Å². The summed E-state index contributed by atoms with van der Waals surface area (Å²) in [5.74, 6) is 0.540. The number of anilines is 1. The third-order valence-electron chi connectivity index (χ3n) is 3.96. The van der Waals surface area contributed by atoms with Gasteiger partial charge in [-0.15, -0.1) is 0 Å². The minimum atomic E-state index is -0.371. The number of hydrogen-bond donors (Lipinski definition) is 1. The number of nitrogens with two attached hydrogens (primary N) is 1. The van der Waals surface area contributed by atoms with Crippen molar-refractivity contribution in [2.45, 2.75) is 6.42 Å². The number of rotatable bonds is 4. The lowest BCUT2D eigenvalue weighted by Gasteiger charge is -2.15. The van der Waals surface area contributed by atoms with Crippen molar-refractivity contribution in [3.8, 4) is 16.9 Å². The molecule has 1 saturated heterocycles. The number of aromatic nitrogens is 1. The van der Waals surface area contributed by atoms with Gasteiger partial charge in [-0.1, -0.05) is 0 Å². The van der Waals surface area contributed by atoms with Crippen molar-refractivity contribution in [1.29, 1.82) is 0 Å². The van der Waals surface area contributed by atoms with E-state index in [9.17, 15) is 9.18 Å². The number of aryl methyl sites for hydroxylation is 1. The van der Waals surface area contributed by atoms with E-state index in [1.54, 1.807) is 25.4 Å². The predicted octanol–water partition coefficient (Wildman–Crippen LogP) is 2.19. The molecule has 2 heterocycles. The first kappa shape index (κ1) is 15.6. The lowest BCUT2D eigenvalue weighted by molar-refractivity contribution is 0.167. The van der Waals surface area contributed by atoms with Crippen LogP contribution in [0.15, 0.2) is 35.3 Å². The molecule has 0 spiro atoms. The Kier molecular flexibility index (Phi) is 4.34. The van der Waals surface area contributed by atoms with Gasteiger partial charge in [0.2, 0.25) is 0 Å². The summed E-state index contributed by atoms with van der Waals surface area (Å²) >= 11 is 0. The molecule has 2 N–H and O–H groups in total. The molecule has 23 heavy (non-hydrogen) atoms. The van der Waals surface area contributed by atoms with Gasteiger partial charge in [0.05, 0.1) is 18.9 Å². The standard InChI is InChI=1S/C17H19FN2O3/c1-20-8-12(6-15(19)17(20)21)14-7-13(18)2-3-16(14)23-10-11-4-5-22-9-11/h2-3,6-8,11H,4-5,9-10,19H2,1H3. The number of pyridine rings is 1. The molecular weight excluding hydrogens is 299 g/mol. The van der Waals surface area contributed by atoms with Crippen LogP contribution in [0.1, 0.15) is 6.42 Å². The summed E-state index contributed by atoms with van der Waals surface area (Å²) in [7, 11) is 1.61. The minimum absolute atomic E-state index is 0.115. The molecule has 0 amide bonds. The fourth-order valence-electron chi connectivity index (χ4n) is 2.66. The minimum Gasteiger partial charge on any atom is -0.493 e. The molecule has 1 aliphatic heterocycles. The number of hydrogen-bond acceptors (Lipinski definition) is 4. The summed E-state index contributed by atoms with van der Waals surface area (Å²) in [6, 6.07) is 5.89. The van der Waals surface area contributed by atoms with E-state index in [4.69, 9.17) is 15.2 Å². The van der Waals surface area contributed by atoms with Crippen molar-refractivity contribution in [2.75, 3.05) is 25.6 Å². The second-order valence-electron chi connectivity index (χ2n) is 5.78. The van der Waals surface area contributed by atoms with Crippen LogP contribution in [-0.2, 0) is 11.8 Å². The molecule has 0 aliphatic carbocycles. The molecule has 122 valence electrons. The molecule has 5 nitrogen and oxygen atoms in total. The lowest BCUT2D eigenvalue weighted by Crippen LogP contribution is -2.19. The van der Waals surface area contributed by atoms with Gasteiger partial charge in [-0.2, -0.15) is 0 Å². The van der Waals surface area contributed by atoms with Crippen molar-refractivity contribution >= 4 is 5.69 Å². The average Bonchev–Trinajstić information content (AvgIpc) is 3.04. The number of benzene rings is 1. The highest BCUT2D eigenvalue weighted by Crippen LogP contribution is 2.31. The summed E-state index contributed by atoms with van der Waals surface area (Å²) < 4.78 is 26.3. The van der Waals surface area contributed by atoms with Gasteiger partial charge in [-0.3, -0.25) is 4.79 Å². The quantitative estimate of drug-likeness (QED) is 0.938. The Bertz CT molecular complexity index is 741. The van der Waals surface area contributed by atoms with Crippen LogP contribution >= 0.6 is 0 Å². The molecule has 2 aromatic rings. The van der Waals surface area contributed by atoms with Gasteiger partial charge in [0.1, 0.15) is 11.6 Å². The molecule has 3 rings (SSSR count). The first-order chi connectivity index (χ1) is 11.0. The molecule has 1 atom stereocenters. The Labute approximate surface area is 133 Å². The van der Waals surface area contributed by atoms with Crippen LogP contribution in [0.3, 0.4) is 0 Å². The lowest BCUT2D eigenvalue weighted by atomic mass is 10.1. The zero-order valence-corrected chi connectivity index (χ0v) is 12.9. The van der Waals surface area contributed by atoms with Crippen LogP contribution < -0.4 is 16.0 Å². The van der Waals surface area contributed by atoms with Crippen molar-refractivity contribution in [2.24, 2.45) is 13.0 Å². The summed E-state index contributed by atoms with van der Waals surface area (Å²) in [6.07, 6.45) is 2.59. The second kappa shape index (κ2) is 6.42. The fraction of sp³-hybridized carbons (Fsp3) is 0.353. The highest BCUT2D eigenvalue weighted by molar-refractivity contribution is 5.72. The average molecular weight is 318 g/mol. The maximum atomic E-state index is 13.7. The normalized spacial score (nSPS) is 17.4. The number of ether oxygens (including phenoxy) is 2. The van der Waals surface area contributed by atoms with Crippen molar-refractivity contribution < 1.29 is 13.9 Å². The third kappa shape index (κ3) is 3.37. The summed E-state index contributed by atoms with van der Waals surface area (Å²) in [5.41, 5.74) is 6.79. The van der Waals surface area contributed by atoms with Crippen LogP contribution in [-0.4, -0.2) is 24.4 Å². The largest absolute Gasteiger partial charge is 0.493 e. The molecule has 1 aromatic carbocycles. The molecule has 1 aromatic heterocycles. The maximum absolute atomic E-state index is 13.7. The fourth-order valence-corrected chi connectivity index (χ4v) is 2.66. The molecule has 0 saturated carbocycles. The monoisotopic (exact) mass is 318 g/mol. The van der Waals surface area contributed by atoms with E-state index >= 15 is 0 Å². The number of nitrogen functional groups attached to an aromatic ring is 1. The van der Waals surface area contributed by atoms with Crippen LogP contribution in [0.4, 0.5) is 10.1 Å². The summed E-state index contributed by atoms with van der Waals surface area (Å²) in [5, 5.41) is 0.